The van der Waals surface area contributed by atoms with Gasteiger partial charge in [0.05, 0.1) is 5.69 Å². The highest BCUT2D eigenvalue weighted by Gasteiger charge is 2.30. The van der Waals surface area contributed by atoms with Crippen molar-refractivity contribution in [3.8, 4) is 0 Å². The van der Waals surface area contributed by atoms with E-state index >= 15 is 0 Å². The van der Waals surface area contributed by atoms with Crippen molar-refractivity contribution in [2.75, 3.05) is 31.6 Å². The molecule has 19 heavy (non-hydrogen) atoms. The second-order valence-corrected chi connectivity index (χ2v) is 6.01. The normalized spacial score (nSPS) is 21.1. The molecule has 2 fully saturated rings. The molecule has 4 heteroatoms. The third-order valence-electron chi connectivity index (χ3n) is 4.46. The van der Waals surface area contributed by atoms with Gasteiger partial charge >= 0.3 is 0 Å². The second-order valence-electron chi connectivity index (χ2n) is 6.01. The van der Waals surface area contributed by atoms with Crippen LogP contribution in [0.1, 0.15) is 44.3 Å². The van der Waals surface area contributed by atoms with Gasteiger partial charge in [0.1, 0.15) is 0 Å². The maximum atomic E-state index is 4.86. The van der Waals surface area contributed by atoms with Crippen molar-refractivity contribution in [1.29, 1.82) is 0 Å². The molecule has 1 aromatic rings. The fourth-order valence-corrected chi connectivity index (χ4v) is 3.08. The lowest BCUT2D eigenvalue weighted by atomic mass is 9.97. The Labute approximate surface area is 116 Å². The molecule has 1 saturated heterocycles. The van der Waals surface area contributed by atoms with Gasteiger partial charge in [0.15, 0.2) is 0 Å². The molecule has 0 unspecified atom stereocenters. The van der Waals surface area contributed by atoms with Crippen molar-refractivity contribution in [3.05, 3.63) is 11.9 Å². The Morgan fingerprint density at radius 1 is 1.26 bits per heavy atom. The molecule has 1 aliphatic heterocycles. The van der Waals surface area contributed by atoms with E-state index in [-0.39, 0.29) is 0 Å². The van der Waals surface area contributed by atoms with Crippen molar-refractivity contribution in [3.63, 3.8) is 0 Å². The van der Waals surface area contributed by atoms with E-state index < -0.39 is 0 Å². The topological polar surface area (TPSA) is 33.1 Å². The Kier molecular flexibility index (Phi) is 3.78. The highest BCUT2D eigenvalue weighted by Crippen LogP contribution is 2.39. The van der Waals surface area contributed by atoms with Crippen LogP contribution in [0.2, 0.25) is 0 Å². The van der Waals surface area contributed by atoms with E-state index in [1.54, 1.807) is 0 Å². The van der Waals surface area contributed by atoms with Crippen LogP contribution in [-0.4, -0.2) is 36.2 Å². The van der Waals surface area contributed by atoms with Gasteiger partial charge in [-0.05, 0) is 51.6 Å². The van der Waals surface area contributed by atoms with Crippen LogP contribution >= 0.6 is 0 Å². The first-order chi connectivity index (χ1) is 9.31. The molecule has 2 heterocycles. The van der Waals surface area contributed by atoms with Crippen LogP contribution < -0.4 is 10.2 Å². The summed E-state index contributed by atoms with van der Waals surface area (Å²) >= 11 is 0. The highest BCUT2D eigenvalue weighted by atomic mass is 15.3. The summed E-state index contributed by atoms with van der Waals surface area (Å²) < 4.78 is 2.44. The zero-order chi connectivity index (χ0) is 13.2. The summed E-state index contributed by atoms with van der Waals surface area (Å²) in [7, 11) is 2.06. The van der Waals surface area contributed by atoms with Crippen LogP contribution in [0.4, 0.5) is 5.95 Å². The molecular formula is C15H26N4. The van der Waals surface area contributed by atoms with Gasteiger partial charge in [0, 0.05) is 25.3 Å². The lowest BCUT2D eigenvalue weighted by Crippen LogP contribution is -2.38. The number of hydrogen-bond donors (Lipinski definition) is 1. The molecule has 0 amide bonds. The molecule has 1 aliphatic carbocycles. The standard InChI is InChI=1S/C15H26N4/c1-3-13-11-19(14-4-5-14)15(17-13)18-8-6-12(7-9-18)10-16-2/h11-12,14,16H,3-10H2,1-2H3. The van der Waals surface area contributed by atoms with E-state index in [9.17, 15) is 0 Å². The van der Waals surface area contributed by atoms with E-state index in [4.69, 9.17) is 4.98 Å². The van der Waals surface area contributed by atoms with Crippen LogP contribution in [0.15, 0.2) is 6.20 Å². The number of nitrogens with zero attached hydrogens (tertiary/aromatic N) is 3. The lowest BCUT2D eigenvalue weighted by molar-refractivity contribution is 0.388. The summed E-state index contributed by atoms with van der Waals surface area (Å²) in [5, 5.41) is 3.31. The summed E-state index contributed by atoms with van der Waals surface area (Å²) in [4.78, 5) is 7.36. The van der Waals surface area contributed by atoms with Crippen molar-refractivity contribution in [2.45, 2.75) is 45.1 Å². The third kappa shape index (κ3) is 2.78. The Hall–Kier alpha value is -1.03. The van der Waals surface area contributed by atoms with E-state index in [1.165, 1.54) is 50.4 Å². The number of hydrogen-bond acceptors (Lipinski definition) is 3. The molecule has 0 atom stereocenters. The van der Waals surface area contributed by atoms with Crippen molar-refractivity contribution in [1.82, 2.24) is 14.9 Å². The van der Waals surface area contributed by atoms with Gasteiger partial charge in [0.2, 0.25) is 5.95 Å². The molecule has 3 rings (SSSR count). The average molecular weight is 262 g/mol. The maximum absolute atomic E-state index is 4.86. The van der Waals surface area contributed by atoms with Crippen molar-refractivity contribution >= 4 is 5.95 Å². The first-order valence-electron chi connectivity index (χ1n) is 7.79. The Morgan fingerprint density at radius 2 is 2.00 bits per heavy atom. The summed E-state index contributed by atoms with van der Waals surface area (Å²) in [5.74, 6) is 2.08. The first-order valence-corrected chi connectivity index (χ1v) is 7.79. The fourth-order valence-electron chi connectivity index (χ4n) is 3.08. The number of piperidine rings is 1. The Balaban J connectivity index is 1.70. The molecule has 0 radical (unpaired) electrons. The van der Waals surface area contributed by atoms with E-state index in [0.717, 1.165) is 24.9 Å². The van der Waals surface area contributed by atoms with Gasteiger partial charge in [-0.15, -0.1) is 0 Å². The van der Waals surface area contributed by atoms with E-state index in [2.05, 4.69) is 35.0 Å². The third-order valence-corrected chi connectivity index (χ3v) is 4.46. The largest absolute Gasteiger partial charge is 0.342 e. The molecule has 106 valence electrons. The zero-order valence-electron chi connectivity index (χ0n) is 12.2. The van der Waals surface area contributed by atoms with Crippen LogP contribution in [-0.2, 0) is 6.42 Å². The number of imidazole rings is 1. The quantitative estimate of drug-likeness (QED) is 0.883. The summed E-state index contributed by atoms with van der Waals surface area (Å²) in [6.45, 7) is 5.69. The number of nitrogens with one attached hydrogen (secondary N) is 1. The van der Waals surface area contributed by atoms with Crippen LogP contribution in [0, 0.1) is 5.92 Å². The zero-order valence-corrected chi connectivity index (χ0v) is 12.2. The van der Waals surface area contributed by atoms with Gasteiger partial charge in [0.25, 0.3) is 0 Å². The highest BCUT2D eigenvalue weighted by molar-refractivity contribution is 5.35. The predicted octanol–water partition coefficient (Wildman–Crippen LogP) is 2.22. The monoisotopic (exact) mass is 262 g/mol. The number of aromatic nitrogens is 2. The predicted molar refractivity (Wildman–Crippen MR) is 78.7 cm³/mol. The van der Waals surface area contributed by atoms with E-state index in [0.29, 0.717) is 0 Å². The maximum Gasteiger partial charge on any atom is 0.205 e. The summed E-state index contributed by atoms with van der Waals surface area (Å²) in [6, 6.07) is 0.734. The summed E-state index contributed by atoms with van der Waals surface area (Å²) in [5.41, 5.74) is 1.25. The summed E-state index contributed by atoms with van der Waals surface area (Å²) in [6.07, 6.45) is 8.58. The van der Waals surface area contributed by atoms with Gasteiger partial charge in [-0.3, -0.25) is 0 Å². The van der Waals surface area contributed by atoms with Crippen LogP contribution in [0.3, 0.4) is 0 Å². The van der Waals surface area contributed by atoms with Crippen LogP contribution in [0.25, 0.3) is 0 Å². The molecule has 0 spiro atoms. The Bertz CT molecular complexity index is 414. The van der Waals surface area contributed by atoms with Gasteiger partial charge in [-0.25, -0.2) is 4.98 Å². The minimum Gasteiger partial charge on any atom is -0.342 e. The van der Waals surface area contributed by atoms with Crippen LogP contribution in [0.5, 0.6) is 0 Å². The SMILES string of the molecule is CCc1cn(C2CC2)c(N2CCC(CNC)CC2)n1. The molecule has 0 bridgehead atoms. The van der Waals surface area contributed by atoms with Gasteiger partial charge in [-0.1, -0.05) is 6.92 Å². The molecule has 1 saturated carbocycles. The number of anilines is 1. The number of aryl methyl sites for hydroxylation is 1. The minimum atomic E-state index is 0.734. The van der Waals surface area contributed by atoms with Gasteiger partial charge < -0.3 is 14.8 Å². The molecule has 0 aromatic carbocycles. The van der Waals surface area contributed by atoms with Crippen molar-refractivity contribution < 1.29 is 0 Å². The smallest absolute Gasteiger partial charge is 0.205 e. The van der Waals surface area contributed by atoms with E-state index in [1.807, 2.05) is 0 Å². The molecule has 2 aliphatic rings. The molecule has 1 aromatic heterocycles. The fraction of sp³-hybridized carbons (Fsp3) is 0.800. The van der Waals surface area contributed by atoms with Crippen molar-refractivity contribution in [2.24, 2.45) is 5.92 Å². The molecule has 4 nitrogen and oxygen atoms in total. The molecular weight excluding hydrogens is 236 g/mol. The first kappa shape index (κ1) is 13.0. The van der Waals surface area contributed by atoms with Gasteiger partial charge in [-0.2, -0.15) is 0 Å². The minimum absolute atomic E-state index is 0.734. The average Bonchev–Trinajstić information content (AvgIpc) is 3.20. The number of rotatable bonds is 5. The molecule has 1 N–H and O–H groups in total. The second kappa shape index (κ2) is 5.53. The Morgan fingerprint density at radius 3 is 2.58 bits per heavy atom. The lowest BCUT2D eigenvalue weighted by Gasteiger charge is -2.33.